The first-order valence-corrected chi connectivity index (χ1v) is 7.68. The van der Waals surface area contributed by atoms with Crippen LogP contribution < -0.4 is 4.74 Å². The van der Waals surface area contributed by atoms with Gasteiger partial charge < -0.3 is 14.9 Å². The fraction of sp³-hybridized carbons (Fsp3) is 0.333. The van der Waals surface area contributed by atoms with Crippen LogP contribution in [0, 0.1) is 12.8 Å². The van der Waals surface area contributed by atoms with Crippen molar-refractivity contribution < 1.29 is 24.5 Å². The summed E-state index contributed by atoms with van der Waals surface area (Å²) < 4.78 is 5.65. The molecule has 1 unspecified atom stereocenters. The predicted octanol–water partition coefficient (Wildman–Crippen LogP) is 1.54. The van der Waals surface area contributed by atoms with Crippen molar-refractivity contribution in [2.45, 2.75) is 25.3 Å². The summed E-state index contributed by atoms with van der Waals surface area (Å²) in [6, 6.07) is 7.20. The monoisotopic (exact) mass is 321 g/mol. The molecule has 0 aromatic heterocycles. The lowest BCUT2D eigenvalue weighted by atomic mass is 9.92. The summed E-state index contributed by atoms with van der Waals surface area (Å²) in [6.07, 6.45) is -0.824. The van der Waals surface area contributed by atoms with Gasteiger partial charge in [0, 0.05) is 0 Å². The molecule has 116 valence electrons. The van der Waals surface area contributed by atoms with Gasteiger partial charge in [0.25, 0.3) is 0 Å². The highest BCUT2D eigenvalue weighted by Gasteiger charge is 2.58. The zero-order valence-corrected chi connectivity index (χ0v) is 12.8. The Morgan fingerprint density at radius 2 is 2.00 bits per heavy atom. The summed E-state index contributed by atoms with van der Waals surface area (Å²) in [6.45, 7) is 3.47. The molecule has 7 heteroatoms. The van der Waals surface area contributed by atoms with Gasteiger partial charge in [-0.25, -0.2) is 4.79 Å². The third-order valence-electron chi connectivity index (χ3n) is 3.70. The lowest BCUT2D eigenvalue weighted by Crippen LogP contribution is -2.60. The Labute approximate surface area is 131 Å². The van der Waals surface area contributed by atoms with E-state index in [1.54, 1.807) is 12.1 Å². The van der Waals surface area contributed by atoms with Crippen molar-refractivity contribution in [3.63, 3.8) is 0 Å². The fourth-order valence-corrected chi connectivity index (χ4v) is 4.00. The highest BCUT2D eigenvalue weighted by molar-refractivity contribution is 8.03. The van der Waals surface area contributed by atoms with Crippen molar-refractivity contribution >= 4 is 23.6 Å². The predicted molar refractivity (Wildman–Crippen MR) is 79.9 cm³/mol. The molecular weight excluding hydrogens is 306 g/mol. The fourth-order valence-electron chi connectivity index (χ4n) is 2.53. The van der Waals surface area contributed by atoms with E-state index in [0.717, 1.165) is 17.3 Å². The molecule has 0 bridgehead atoms. The van der Waals surface area contributed by atoms with Crippen molar-refractivity contribution in [3.8, 4) is 5.75 Å². The molecule has 3 atom stereocenters. The highest BCUT2D eigenvalue weighted by Crippen LogP contribution is 2.50. The van der Waals surface area contributed by atoms with Crippen LogP contribution in [-0.2, 0) is 9.59 Å². The molecule has 1 aromatic carbocycles. The molecule has 3 rings (SSSR count). The Kier molecular flexibility index (Phi) is 3.62. The van der Waals surface area contributed by atoms with Gasteiger partial charge in [-0.05, 0) is 26.0 Å². The summed E-state index contributed by atoms with van der Waals surface area (Å²) in [5, 5.41) is 18.8. The molecule has 2 heterocycles. The SMILES string of the molecule is Cc1ccc(OC2=C(C(=O)O)N3C(=O)[C@H]([C@@H](C)O)C3S2)cc1. The molecule has 1 aromatic rings. The number of ether oxygens (including phenoxy) is 1. The number of β-lactam (4-membered cyclic amide) rings is 1. The smallest absolute Gasteiger partial charge is 0.357 e. The summed E-state index contributed by atoms with van der Waals surface area (Å²) in [5.74, 6) is -1.68. The maximum Gasteiger partial charge on any atom is 0.357 e. The van der Waals surface area contributed by atoms with Gasteiger partial charge in [-0.2, -0.15) is 0 Å². The van der Waals surface area contributed by atoms with Crippen LogP contribution in [0.4, 0.5) is 0 Å². The minimum Gasteiger partial charge on any atom is -0.476 e. The van der Waals surface area contributed by atoms with E-state index >= 15 is 0 Å². The second kappa shape index (κ2) is 5.33. The normalized spacial score (nSPS) is 24.9. The molecule has 1 amide bonds. The van der Waals surface area contributed by atoms with Gasteiger partial charge in [0.05, 0.1) is 12.0 Å². The number of nitrogens with zero attached hydrogens (tertiary/aromatic N) is 1. The van der Waals surface area contributed by atoms with Crippen LogP contribution in [0.25, 0.3) is 0 Å². The largest absolute Gasteiger partial charge is 0.476 e. The van der Waals surface area contributed by atoms with Crippen molar-refractivity contribution in [3.05, 3.63) is 40.6 Å². The molecule has 0 aliphatic carbocycles. The number of aliphatic hydroxyl groups excluding tert-OH is 1. The topological polar surface area (TPSA) is 87.1 Å². The molecule has 6 nitrogen and oxygen atoms in total. The molecular formula is C15H15NO5S. The first-order valence-electron chi connectivity index (χ1n) is 6.80. The lowest BCUT2D eigenvalue weighted by Gasteiger charge is -2.43. The van der Waals surface area contributed by atoms with Gasteiger partial charge in [0.2, 0.25) is 5.91 Å². The van der Waals surface area contributed by atoms with Gasteiger partial charge >= 0.3 is 5.97 Å². The van der Waals surface area contributed by atoms with Gasteiger partial charge in [-0.3, -0.25) is 9.69 Å². The summed E-state index contributed by atoms with van der Waals surface area (Å²) in [7, 11) is 0. The number of hydrogen-bond acceptors (Lipinski definition) is 5. The summed E-state index contributed by atoms with van der Waals surface area (Å²) in [5.41, 5.74) is 0.907. The Bertz CT molecular complexity index is 667. The third-order valence-corrected chi connectivity index (χ3v) is 4.94. The first-order chi connectivity index (χ1) is 10.4. The van der Waals surface area contributed by atoms with Gasteiger partial charge in [0.15, 0.2) is 10.8 Å². The van der Waals surface area contributed by atoms with Crippen LogP contribution in [0.5, 0.6) is 5.75 Å². The average Bonchev–Trinajstić information content (AvgIpc) is 2.75. The number of thioether (sulfide) groups is 1. The zero-order chi connectivity index (χ0) is 16.0. The Morgan fingerprint density at radius 1 is 1.36 bits per heavy atom. The summed E-state index contributed by atoms with van der Waals surface area (Å²) >= 11 is 1.16. The second-order valence-electron chi connectivity index (χ2n) is 5.34. The van der Waals surface area contributed by atoms with Gasteiger partial charge in [-0.15, -0.1) is 0 Å². The number of aliphatic carboxylic acids is 1. The van der Waals surface area contributed by atoms with Crippen molar-refractivity contribution in [2.75, 3.05) is 0 Å². The van der Waals surface area contributed by atoms with E-state index < -0.39 is 23.4 Å². The van der Waals surface area contributed by atoms with Crippen LogP contribution >= 0.6 is 11.8 Å². The molecule has 0 spiro atoms. The van der Waals surface area contributed by atoms with Crippen LogP contribution in [0.15, 0.2) is 35.1 Å². The quantitative estimate of drug-likeness (QED) is 0.818. The van der Waals surface area contributed by atoms with E-state index in [1.807, 2.05) is 19.1 Å². The maximum atomic E-state index is 12.0. The van der Waals surface area contributed by atoms with E-state index in [9.17, 15) is 19.8 Å². The van der Waals surface area contributed by atoms with E-state index in [1.165, 1.54) is 11.8 Å². The van der Waals surface area contributed by atoms with E-state index in [2.05, 4.69) is 0 Å². The number of fused-ring (bicyclic) bond motifs is 1. The molecule has 22 heavy (non-hydrogen) atoms. The molecule has 2 aliphatic rings. The Balaban J connectivity index is 1.88. The van der Waals surface area contributed by atoms with Gasteiger partial charge in [0.1, 0.15) is 11.1 Å². The zero-order valence-electron chi connectivity index (χ0n) is 12.0. The number of carboxylic acid groups (broad SMARTS) is 1. The molecule has 0 saturated carbocycles. The molecule has 0 radical (unpaired) electrons. The molecule has 2 aliphatic heterocycles. The van der Waals surface area contributed by atoms with Crippen LogP contribution in [0.3, 0.4) is 0 Å². The van der Waals surface area contributed by atoms with Gasteiger partial charge in [-0.1, -0.05) is 29.5 Å². The number of carbonyl (C=O) groups excluding carboxylic acids is 1. The number of hydrogen-bond donors (Lipinski definition) is 2. The second-order valence-corrected chi connectivity index (χ2v) is 6.43. The highest BCUT2D eigenvalue weighted by atomic mass is 32.2. The molecule has 2 N–H and O–H groups in total. The summed E-state index contributed by atoms with van der Waals surface area (Å²) in [4.78, 5) is 24.7. The van der Waals surface area contributed by atoms with Crippen LogP contribution in [-0.4, -0.2) is 38.5 Å². The van der Waals surface area contributed by atoms with E-state index in [0.29, 0.717) is 5.75 Å². The van der Waals surface area contributed by atoms with Crippen molar-refractivity contribution in [1.29, 1.82) is 0 Å². The number of benzene rings is 1. The molecule has 1 fully saturated rings. The Hall–Kier alpha value is -1.99. The third kappa shape index (κ3) is 2.26. The maximum absolute atomic E-state index is 12.0. The van der Waals surface area contributed by atoms with Crippen LogP contribution in [0.1, 0.15) is 12.5 Å². The number of carbonyl (C=O) groups is 2. The van der Waals surface area contributed by atoms with E-state index in [4.69, 9.17) is 4.74 Å². The number of rotatable bonds is 4. The first kappa shape index (κ1) is 14.9. The molecule has 1 saturated heterocycles. The van der Waals surface area contributed by atoms with E-state index in [-0.39, 0.29) is 16.7 Å². The van der Waals surface area contributed by atoms with Crippen LogP contribution in [0.2, 0.25) is 0 Å². The minimum absolute atomic E-state index is 0.155. The lowest BCUT2D eigenvalue weighted by molar-refractivity contribution is -0.156. The number of aryl methyl sites for hydroxylation is 1. The van der Waals surface area contributed by atoms with Crippen molar-refractivity contribution in [2.24, 2.45) is 5.92 Å². The number of carboxylic acids is 1. The standard InChI is InChI=1S/C15H15NO5S/c1-7-3-5-9(6-4-7)21-15-11(14(19)20)16-12(18)10(8(2)17)13(16)22-15/h3-6,8,10,13,17H,1-2H3,(H,19,20)/t8-,10+,13?/m1/s1. The number of amides is 1. The minimum atomic E-state index is -1.21. The average molecular weight is 321 g/mol. The Morgan fingerprint density at radius 3 is 2.55 bits per heavy atom. The number of aliphatic hydroxyl groups is 1. The van der Waals surface area contributed by atoms with Crippen molar-refractivity contribution in [1.82, 2.24) is 4.90 Å².